The van der Waals surface area contributed by atoms with Crippen molar-refractivity contribution in [3.8, 4) is 40.1 Å². The maximum Gasteiger partial charge on any atom is 0.200 e. The highest BCUT2D eigenvalue weighted by atomic mass is 16.5. The quantitative estimate of drug-likeness (QED) is 0.146. The molecule has 0 saturated carbocycles. The Labute approximate surface area is 222 Å². The van der Waals surface area contributed by atoms with Gasteiger partial charge in [0.05, 0.1) is 12.7 Å². The van der Waals surface area contributed by atoms with E-state index in [0.29, 0.717) is 29.7 Å². The van der Waals surface area contributed by atoms with E-state index in [0.717, 1.165) is 28.9 Å². The fraction of sp³-hybridized carbons (Fsp3) is 0.323. The van der Waals surface area contributed by atoms with E-state index >= 15 is 0 Å². The molecule has 7 nitrogen and oxygen atoms in total. The van der Waals surface area contributed by atoms with Crippen molar-refractivity contribution in [2.75, 3.05) is 7.11 Å². The SMILES string of the molecule is COc1c(CC=C(C)C)c(O)c2c(=O)c(CC=C(C)C)c(-c3cc(O)c(O)cc3O)oc2c1CC=C(C)C. The first-order valence-corrected chi connectivity index (χ1v) is 12.4. The number of aromatic hydroxyl groups is 4. The molecule has 0 aliphatic carbocycles. The lowest BCUT2D eigenvalue weighted by atomic mass is 9.94. The summed E-state index contributed by atoms with van der Waals surface area (Å²) in [6.45, 7) is 11.6. The van der Waals surface area contributed by atoms with E-state index in [4.69, 9.17) is 9.15 Å². The van der Waals surface area contributed by atoms with Crippen molar-refractivity contribution in [2.45, 2.75) is 60.8 Å². The molecule has 0 aliphatic heterocycles. The molecule has 1 aromatic heterocycles. The van der Waals surface area contributed by atoms with Crippen LogP contribution in [-0.4, -0.2) is 27.5 Å². The number of phenolic OH excluding ortho intramolecular Hbond substituents is 4. The summed E-state index contributed by atoms with van der Waals surface area (Å²) in [5.41, 5.74) is 4.02. The number of allylic oxidation sites excluding steroid dienone is 6. The highest BCUT2D eigenvalue weighted by Gasteiger charge is 2.27. The van der Waals surface area contributed by atoms with Crippen LogP contribution in [0.1, 0.15) is 58.2 Å². The number of fused-ring (bicyclic) bond motifs is 1. The smallest absolute Gasteiger partial charge is 0.200 e. The third-order valence-electron chi connectivity index (χ3n) is 6.24. The van der Waals surface area contributed by atoms with Gasteiger partial charge in [-0.3, -0.25) is 4.79 Å². The number of rotatable bonds is 8. The van der Waals surface area contributed by atoms with Crippen molar-refractivity contribution in [1.82, 2.24) is 0 Å². The molecule has 0 radical (unpaired) electrons. The molecule has 0 unspecified atom stereocenters. The summed E-state index contributed by atoms with van der Waals surface area (Å²) in [4.78, 5) is 14.1. The first-order valence-electron chi connectivity index (χ1n) is 12.4. The maximum atomic E-state index is 14.1. The van der Waals surface area contributed by atoms with Gasteiger partial charge in [-0.15, -0.1) is 0 Å². The highest BCUT2D eigenvalue weighted by Crippen LogP contribution is 2.44. The van der Waals surface area contributed by atoms with Crippen LogP contribution in [0.2, 0.25) is 0 Å². The number of ether oxygens (including phenoxy) is 1. The molecule has 0 spiro atoms. The molecule has 3 aromatic rings. The lowest BCUT2D eigenvalue weighted by molar-refractivity contribution is 0.396. The summed E-state index contributed by atoms with van der Waals surface area (Å²) < 4.78 is 12.1. The minimum atomic E-state index is -0.507. The van der Waals surface area contributed by atoms with Crippen LogP contribution >= 0.6 is 0 Å². The molecule has 0 saturated heterocycles. The van der Waals surface area contributed by atoms with Gasteiger partial charge in [0.1, 0.15) is 34.0 Å². The van der Waals surface area contributed by atoms with Gasteiger partial charge in [0.2, 0.25) is 5.43 Å². The fourth-order valence-electron chi connectivity index (χ4n) is 4.23. The Morgan fingerprint density at radius 1 is 0.763 bits per heavy atom. The van der Waals surface area contributed by atoms with Crippen LogP contribution in [0.3, 0.4) is 0 Å². The lowest BCUT2D eigenvalue weighted by Crippen LogP contribution is -2.13. The van der Waals surface area contributed by atoms with Crippen LogP contribution in [0.5, 0.6) is 28.7 Å². The summed E-state index contributed by atoms with van der Waals surface area (Å²) >= 11 is 0. The Morgan fingerprint density at radius 2 is 1.26 bits per heavy atom. The molecule has 0 aliphatic rings. The Hall–Kier alpha value is -4.13. The average Bonchev–Trinajstić information content (AvgIpc) is 2.83. The van der Waals surface area contributed by atoms with Crippen molar-refractivity contribution >= 4 is 11.0 Å². The van der Waals surface area contributed by atoms with Crippen molar-refractivity contribution < 1.29 is 29.6 Å². The van der Waals surface area contributed by atoms with E-state index in [9.17, 15) is 25.2 Å². The van der Waals surface area contributed by atoms with Crippen LogP contribution in [0.4, 0.5) is 0 Å². The zero-order valence-electron chi connectivity index (χ0n) is 23.0. The molecular weight excluding hydrogens is 484 g/mol. The Morgan fingerprint density at radius 3 is 1.79 bits per heavy atom. The number of hydrogen-bond donors (Lipinski definition) is 4. The van der Waals surface area contributed by atoms with Crippen molar-refractivity contribution in [3.05, 3.63) is 74.0 Å². The molecule has 0 atom stereocenters. The number of benzene rings is 2. The molecule has 0 amide bonds. The van der Waals surface area contributed by atoms with Gasteiger partial charge < -0.3 is 29.6 Å². The van der Waals surface area contributed by atoms with E-state index in [1.54, 1.807) is 0 Å². The van der Waals surface area contributed by atoms with Crippen LogP contribution < -0.4 is 10.2 Å². The summed E-state index contributed by atoms with van der Waals surface area (Å²) in [5, 5.41) is 42.2. The third-order valence-corrected chi connectivity index (χ3v) is 6.24. The summed E-state index contributed by atoms with van der Waals surface area (Å²) in [6, 6.07) is 2.14. The van der Waals surface area contributed by atoms with Crippen molar-refractivity contribution in [1.29, 1.82) is 0 Å². The van der Waals surface area contributed by atoms with Gasteiger partial charge in [0.25, 0.3) is 0 Å². The minimum Gasteiger partial charge on any atom is -0.507 e. The van der Waals surface area contributed by atoms with Gasteiger partial charge in [-0.1, -0.05) is 34.9 Å². The Bertz CT molecular complexity index is 1520. The summed E-state index contributed by atoms with van der Waals surface area (Å²) in [7, 11) is 1.50. The maximum absolute atomic E-state index is 14.1. The third kappa shape index (κ3) is 5.72. The molecule has 1 heterocycles. The van der Waals surface area contributed by atoms with Gasteiger partial charge in [-0.2, -0.15) is 0 Å². The average molecular weight is 521 g/mol. The van der Waals surface area contributed by atoms with Crippen molar-refractivity contribution in [2.24, 2.45) is 0 Å². The van der Waals surface area contributed by atoms with E-state index in [-0.39, 0.29) is 45.8 Å². The number of phenols is 4. The molecular formula is C31H36O7. The van der Waals surface area contributed by atoms with Gasteiger partial charge in [-0.05, 0) is 66.9 Å². The molecule has 0 fully saturated rings. The number of methoxy groups -OCH3 is 1. The van der Waals surface area contributed by atoms with Gasteiger partial charge >= 0.3 is 0 Å². The van der Waals surface area contributed by atoms with Crippen LogP contribution in [0.15, 0.2) is 56.3 Å². The first-order chi connectivity index (χ1) is 17.9. The van der Waals surface area contributed by atoms with E-state index < -0.39 is 16.9 Å². The minimum absolute atomic E-state index is 0.0310. The molecule has 38 heavy (non-hydrogen) atoms. The fourth-order valence-corrected chi connectivity index (χ4v) is 4.23. The molecule has 4 N–H and O–H groups in total. The molecule has 202 valence electrons. The Kier molecular flexibility index (Phi) is 8.61. The number of hydrogen-bond acceptors (Lipinski definition) is 7. The van der Waals surface area contributed by atoms with Crippen LogP contribution in [0.25, 0.3) is 22.3 Å². The second-order valence-electron chi connectivity index (χ2n) is 10.1. The first kappa shape index (κ1) is 28.4. The van der Waals surface area contributed by atoms with Gasteiger partial charge in [0.15, 0.2) is 11.5 Å². The Balaban J connectivity index is 2.59. The van der Waals surface area contributed by atoms with E-state index in [1.165, 1.54) is 7.11 Å². The highest BCUT2D eigenvalue weighted by molar-refractivity contribution is 5.93. The molecule has 3 rings (SSSR count). The van der Waals surface area contributed by atoms with Crippen molar-refractivity contribution in [3.63, 3.8) is 0 Å². The zero-order valence-corrected chi connectivity index (χ0v) is 23.0. The molecule has 0 bridgehead atoms. The monoisotopic (exact) mass is 520 g/mol. The topological polar surface area (TPSA) is 120 Å². The normalized spacial score (nSPS) is 10.8. The molecule has 7 heteroatoms. The standard InChI is InChI=1S/C31H36O7/c1-16(2)8-11-19-27(35)26-28(36)20(12-9-17(3)4)30(22-14-24(33)25(34)15-23(22)32)38-31(26)21(29(19)37-7)13-10-18(5)6/h8-10,14-15,32-35H,11-13H2,1-7H3. The van der Waals surface area contributed by atoms with Gasteiger partial charge in [-0.25, -0.2) is 0 Å². The van der Waals surface area contributed by atoms with Crippen LogP contribution in [0, 0.1) is 0 Å². The predicted molar refractivity (Wildman–Crippen MR) is 151 cm³/mol. The molecule has 2 aromatic carbocycles. The summed E-state index contributed by atoms with van der Waals surface area (Å²) in [6.07, 6.45) is 6.65. The van der Waals surface area contributed by atoms with E-state index in [1.807, 2.05) is 59.8 Å². The second kappa shape index (κ2) is 11.5. The van der Waals surface area contributed by atoms with E-state index in [2.05, 4.69) is 0 Å². The van der Waals surface area contributed by atoms with Gasteiger partial charge in [0, 0.05) is 22.8 Å². The second-order valence-corrected chi connectivity index (χ2v) is 10.1. The largest absolute Gasteiger partial charge is 0.507 e. The zero-order chi connectivity index (χ0) is 28.3. The lowest BCUT2D eigenvalue weighted by Gasteiger charge is -2.19. The van der Waals surface area contributed by atoms with Crippen LogP contribution in [-0.2, 0) is 19.3 Å². The summed E-state index contributed by atoms with van der Waals surface area (Å²) in [5.74, 6) is -1.13. The predicted octanol–water partition coefficient (Wildman–Crippen LogP) is 6.82.